The number of hydrogen-bond donors (Lipinski definition) is 2. The summed E-state index contributed by atoms with van der Waals surface area (Å²) in [5.74, 6) is -1.36. The minimum Gasteiger partial charge on any atom is -0.368 e. The fraction of sp³-hybridized carbons (Fsp3) is 0.357. The smallest absolute Gasteiger partial charge is 0.273 e. The summed E-state index contributed by atoms with van der Waals surface area (Å²) >= 11 is 0. The van der Waals surface area contributed by atoms with E-state index in [1.165, 1.54) is 16.9 Å². The van der Waals surface area contributed by atoms with Crippen molar-refractivity contribution in [2.24, 2.45) is 5.73 Å². The summed E-state index contributed by atoms with van der Waals surface area (Å²) in [6, 6.07) is 1.91. The lowest BCUT2D eigenvalue weighted by molar-refractivity contribution is 0.0786. The van der Waals surface area contributed by atoms with Gasteiger partial charge in [-0.15, -0.1) is 30.8 Å². The van der Waals surface area contributed by atoms with Gasteiger partial charge in [-0.2, -0.15) is 4.52 Å². The topological polar surface area (TPSA) is 141 Å². The van der Waals surface area contributed by atoms with E-state index in [4.69, 9.17) is 11.5 Å². The summed E-state index contributed by atoms with van der Waals surface area (Å²) in [5, 5.41) is 4.51. The molecule has 4 aromatic rings. The minimum atomic E-state index is -0.812. The Morgan fingerprint density at radius 1 is 1.05 bits per heavy atom. The van der Waals surface area contributed by atoms with Crippen LogP contribution in [0.25, 0.3) is 16.6 Å². The first-order chi connectivity index (χ1) is 19.0. The largest absolute Gasteiger partial charge is 0.368 e. The van der Waals surface area contributed by atoms with Crippen molar-refractivity contribution in [3.8, 4) is 25.7 Å². The van der Waals surface area contributed by atoms with Crippen LogP contribution in [0, 0.1) is 37.3 Å². The van der Waals surface area contributed by atoms with E-state index >= 15 is 0 Å². The van der Waals surface area contributed by atoms with Gasteiger partial charge in [0.15, 0.2) is 17.3 Å². The summed E-state index contributed by atoms with van der Waals surface area (Å²) in [4.78, 5) is 30.9. The number of anilines is 1. The number of nitrogens with zero attached hydrogens (tertiary/aromatic N) is 7. The monoisotopic (exact) mass is 551 g/mol. The molecule has 212 valence electrons. The second-order valence-electron chi connectivity index (χ2n) is 8.71. The lowest BCUT2D eigenvalue weighted by Gasteiger charge is -2.19. The molecule has 0 fully saturated rings. The van der Waals surface area contributed by atoms with Crippen molar-refractivity contribution in [1.29, 1.82) is 0 Å². The van der Waals surface area contributed by atoms with Gasteiger partial charge in [0.2, 0.25) is 5.95 Å². The van der Waals surface area contributed by atoms with Crippen LogP contribution >= 0.6 is 0 Å². The van der Waals surface area contributed by atoms with E-state index in [1.54, 1.807) is 11.9 Å². The molecular formula is C28H35F2N9O. The molecule has 0 bridgehead atoms. The van der Waals surface area contributed by atoms with Crippen molar-refractivity contribution < 1.29 is 13.6 Å². The third kappa shape index (κ3) is 7.91. The molecule has 0 aliphatic heterocycles. The number of aromatic nitrogens is 6. The molecule has 0 atom stereocenters. The van der Waals surface area contributed by atoms with Crippen LogP contribution in [0.3, 0.4) is 0 Å². The molecule has 40 heavy (non-hydrogen) atoms. The number of nitrogens with two attached hydrogens (primary N) is 2. The highest BCUT2D eigenvalue weighted by atomic mass is 19.1. The Bertz CT molecular complexity index is 1450. The van der Waals surface area contributed by atoms with E-state index in [1.807, 2.05) is 27.7 Å². The number of terminal acetylenes is 2. The van der Waals surface area contributed by atoms with Crippen LogP contribution in [0.5, 0.6) is 0 Å². The van der Waals surface area contributed by atoms with Gasteiger partial charge in [-0.3, -0.25) is 9.78 Å². The Labute approximate surface area is 233 Å². The third-order valence-electron chi connectivity index (χ3n) is 5.39. The Hall–Kier alpha value is -4.68. The van der Waals surface area contributed by atoms with Gasteiger partial charge in [0.25, 0.3) is 5.91 Å². The van der Waals surface area contributed by atoms with Crippen molar-refractivity contribution in [2.45, 2.75) is 52.5 Å². The number of carbonyl (C=O) groups excluding carboxylic acids is 1. The molecule has 0 radical (unpaired) electrons. The maximum Gasteiger partial charge on any atom is 0.273 e. The number of carbonyl (C=O) groups is 1. The number of amides is 1. The lowest BCUT2D eigenvalue weighted by Crippen LogP contribution is -2.31. The fourth-order valence-corrected chi connectivity index (χ4v) is 3.51. The Morgan fingerprint density at radius 3 is 2.27 bits per heavy atom. The van der Waals surface area contributed by atoms with Crippen LogP contribution in [0.4, 0.5) is 14.7 Å². The number of hydrogen-bond acceptors (Lipinski definition) is 8. The SMILES string of the molecule is C#C.C#C.CC.CN(CCCCc1nc2c3cc(F)cc(F)c3nc(N)n2n1)C(=O)c1cnc(C(C)(C)N)cn1. The number of aryl methyl sites for hydroxylation is 1. The van der Waals surface area contributed by atoms with E-state index in [0.29, 0.717) is 37.3 Å². The van der Waals surface area contributed by atoms with E-state index in [-0.39, 0.29) is 34.1 Å². The minimum absolute atomic E-state index is 0.0396. The van der Waals surface area contributed by atoms with Crippen molar-refractivity contribution in [1.82, 2.24) is 34.4 Å². The van der Waals surface area contributed by atoms with Gasteiger partial charge in [-0.1, -0.05) is 13.8 Å². The second-order valence-corrected chi connectivity index (χ2v) is 8.71. The number of benzene rings is 1. The second kappa shape index (κ2) is 15.0. The van der Waals surface area contributed by atoms with Gasteiger partial charge in [0, 0.05) is 26.1 Å². The van der Waals surface area contributed by atoms with Crippen LogP contribution in [0.15, 0.2) is 24.5 Å². The van der Waals surface area contributed by atoms with Crippen molar-refractivity contribution in [3.63, 3.8) is 0 Å². The molecule has 0 saturated heterocycles. The highest BCUT2D eigenvalue weighted by Crippen LogP contribution is 2.23. The van der Waals surface area contributed by atoms with E-state index in [9.17, 15) is 13.6 Å². The molecule has 0 saturated carbocycles. The average molecular weight is 552 g/mol. The molecule has 3 heterocycles. The van der Waals surface area contributed by atoms with Crippen LogP contribution in [-0.2, 0) is 12.0 Å². The van der Waals surface area contributed by atoms with Crippen molar-refractivity contribution in [3.05, 3.63) is 53.4 Å². The fourth-order valence-electron chi connectivity index (χ4n) is 3.51. The normalized spacial score (nSPS) is 10.4. The van der Waals surface area contributed by atoms with Gasteiger partial charge in [-0.25, -0.2) is 23.7 Å². The quantitative estimate of drug-likeness (QED) is 0.261. The predicted molar refractivity (Wildman–Crippen MR) is 153 cm³/mol. The van der Waals surface area contributed by atoms with Crippen molar-refractivity contribution in [2.75, 3.05) is 19.3 Å². The highest BCUT2D eigenvalue weighted by Gasteiger charge is 2.19. The highest BCUT2D eigenvalue weighted by molar-refractivity contribution is 5.92. The summed E-state index contributed by atoms with van der Waals surface area (Å²) in [7, 11) is 1.69. The molecular weight excluding hydrogens is 516 g/mol. The molecule has 0 aliphatic carbocycles. The van der Waals surface area contributed by atoms with Gasteiger partial charge < -0.3 is 16.4 Å². The Balaban J connectivity index is 0.00000125. The molecule has 1 amide bonds. The zero-order valence-corrected chi connectivity index (χ0v) is 23.4. The number of fused-ring (bicyclic) bond motifs is 3. The predicted octanol–water partition coefficient (Wildman–Crippen LogP) is 3.74. The van der Waals surface area contributed by atoms with E-state index < -0.39 is 17.2 Å². The first-order valence-electron chi connectivity index (χ1n) is 12.4. The lowest BCUT2D eigenvalue weighted by atomic mass is 10.0. The standard InChI is InChI=1S/C22H25F2N9O.C2H6.2C2H2/c1-22(2,26)16-11-27-15(10-28-16)20(34)32(3)7-5-4-6-17-29-19-13-8-12(23)9-14(24)18(13)30-21(25)33(19)31-17;3*1-2/h8-11H,4-7,26H2,1-3H3,(H2,25,30);1-2H3;2*1-2H. The van der Waals surface area contributed by atoms with Gasteiger partial charge in [0.05, 0.1) is 29.0 Å². The number of halogens is 2. The molecule has 3 aromatic heterocycles. The summed E-state index contributed by atoms with van der Waals surface area (Å²) in [5.41, 5.74) is 12.3. The molecule has 1 aromatic carbocycles. The summed E-state index contributed by atoms with van der Waals surface area (Å²) in [6.45, 7) is 8.11. The van der Waals surface area contributed by atoms with Gasteiger partial charge in [-0.05, 0) is 32.8 Å². The molecule has 4 rings (SSSR count). The van der Waals surface area contributed by atoms with Crippen LogP contribution in [-0.4, -0.2) is 53.9 Å². The van der Waals surface area contributed by atoms with Gasteiger partial charge >= 0.3 is 0 Å². The van der Waals surface area contributed by atoms with Crippen molar-refractivity contribution >= 4 is 28.4 Å². The summed E-state index contributed by atoms with van der Waals surface area (Å²) < 4.78 is 29.1. The zero-order chi connectivity index (χ0) is 30.6. The molecule has 0 unspecified atom stereocenters. The third-order valence-corrected chi connectivity index (χ3v) is 5.39. The molecule has 0 spiro atoms. The zero-order valence-electron chi connectivity index (χ0n) is 23.4. The van der Waals surface area contributed by atoms with E-state index in [2.05, 4.69) is 50.7 Å². The Kier molecular flexibility index (Phi) is 12.5. The first kappa shape index (κ1) is 33.3. The van der Waals surface area contributed by atoms with E-state index in [0.717, 1.165) is 12.1 Å². The average Bonchev–Trinajstić information content (AvgIpc) is 3.39. The number of rotatable bonds is 7. The molecule has 0 aliphatic rings. The maximum absolute atomic E-state index is 14.1. The molecule has 10 nitrogen and oxygen atoms in total. The molecule has 12 heteroatoms. The maximum atomic E-state index is 14.1. The number of unbranched alkanes of at least 4 members (excludes halogenated alkanes) is 1. The Morgan fingerprint density at radius 2 is 1.70 bits per heavy atom. The summed E-state index contributed by atoms with van der Waals surface area (Å²) in [6.07, 6.45) is 20.8. The first-order valence-corrected chi connectivity index (χ1v) is 12.4. The van der Waals surface area contributed by atoms with Gasteiger partial charge in [0.1, 0.15) is 17.0 Å². The van der Waals surface area contributed by atoms with Crippen LogP contribution in [0.1, 0.15) is 62.5 Å². The number of nitrogen functional groups attached to an aromatic ring is 1. The molecule has 4 N–H and O–H groups in total. The van der Waals surface area contributed by atoms with Crippen LogP contribution < -0.4 is 11.5 Å². The van der Waals surface area contributed by atoms with Crippen LogP contribution in [0.2, 0.25) is 0 Å².